The van der Waals surface area contributed by atoms with E-state index in [2.05, 4.69) is 30.4 Å². The molecule has 0 aliphatic carbocycles. The molecule has 0 bridgehead atoms. The van der Waals surface area contributed by atoms with Gasteiger partial charge in [0.2, 0.25) is 0 Å². The van der Waals surface area contributed by atoms with Crippen molar-refractivity contribution in [2.24, 2.45) is 0 Å². The quantitative estimate of drug-likeness (QED) is 0.425. The lowest BCUT2D eigenvalue weighted by Crippen LogP contribution is -2.15. The van der Waals surface area contributed by atoms with E-state index in [0.717, 1.165) is 21.8 Å². The minimum atomic E-state index is -0.190. The van der Waals surface area contributed by atoms with Crippen molar-refractivity contribution in [3.05, 3.63) is 77.9 Å². The molecule has 0 radical (unpaired) electrons. The fourth-order valence-electron chi connectivity index (χ4n) is 3.06. The first-order valence-corrected chi connectivity index (χ1v) is 10.4. The molecule has 5 heteroatoms. The van der Waals surface area contributed by atoms with E-state index < -0.39 is 0 Å². The Balaban J connectivity index is 1.53. The molecule has 0 fully saturated rings. The number of aromatic nitrogens is 1. The van der Waals surface area contributed by atoms with Gasteiger partial charge in [0.25, 0.3) is 5.91 Å². The smallest absolute Gasteiger partial charge is 0.259 e. The molecule has 1 heterocycles. The summed E-state index contributed by atoms with van der Waals surface area (Å²) in [7, 11) is 0. The average Bonchev–Trinajstić information content (AvgIpc) is 3.11. The molecule has 0 saturated heterocycles. The van der Waals surface area contributed by atoms with Gasteiger partial charge in [0, 0.05) is 11.3 Å². The molecule has 0 spiro atoms. The molecule has 29 heavy (non-hydrogen) atoms. The Morgan fingerprint density at radius 1 is 1.03 bits per heavy atom. The van der Waals surface area contributed by atoms with Crippen LogP contribution in [0.3, 0.4) is 0 Å². The van der Waals surface area contributed by atoms with E-state index >= 15 is 0 Å². The third kappa shape index (κ3) is 4.30. The Kier molecular flexibility index (Phi) is 5.32. The topological polar surface area (TPSA) is 51.2 Å². The summed E-state index contributed by atoms with van der Waals surface area (Å²) >= 11 is 1.67. The number of anilines is 1. The van der Waals surface area contributed by atoms with Crippen molar-refractivity contribution < 1.29 is 9.53 Å². The zero-order chi connectivity index (χ0) is 20.4. The van der Waals surface area contributed by atoms with E-state index in [9.17, 15) is 4.79 Å². The molecule has 4 aromatic rings. The monoisotopic (exact) mass is 402 g/mol. The molecule has 0 aliphatic heterocycles. The summed E-state index contributed by atoms with van der Waals surface area (Å²) in [5.41, 5.74) is 4.52. The molecule has 146 valence electrons. The molecule has 0 saturated carbocycles. The van der Waals surface area contributed by atoms with Crippen LogP contribution in [-0.4, -0.2) is 17.0 Å². The number of fused-ring (bicyclic) bond motifs is 1. The maximum Gasteiger partial charge on any atom is 0.259 e. The fourth-order valence-corrected chi connectivity index (χ4v) is 4.13. The molecule has 0 aliphatic rings. The minimum Gasteiger partial charge on any atom is -0.490 e. The lowest BCUT2D eigenvalue weighted by atomic mass is 10.1. The zero-order valence-electron chi connectivity index (χ0n) is 16.6. The number of amides is 1. The van der Waals surface area contributed by atoms with Crippen molar-refractivity contribution >= 4 is 33.1 Å². The maximum atomic E-state index is 12.7. The van der Waals surface area contributed by atoms with Gasteiger partial charge < -0.3 is 10.1 Å². The second-order valence-electron chi connectivity index (χ2n) is 7.18. The predicted octanol–water partition coefficient (Wildman–Crippen LogP) is 6.31. The van der Waals surface area contributed by atoms with Crippen LogP contribution in [0.5, 0.6) is 5.75 Å². The van der Waals surface area contributed by atoms with E-state index in [1.54, 1.807) is 17.4 Å². The highest BCUT2D eigenvalue weighted by Gasteiger charge is 2.14. The van der Waals surface area contributed by atoms with Crippen molar-refractivity contribution in [1.82, 2.24) is 4.98 Å². The Morgan fingerprint density at radius 3 is 2.55 bits per heavy atom. The van der Waals surface area contributed by atoms with E-state index in [-0.39, 0.29) is 12.0 Å². The maximum absolute atomic E-state index is 12.7. The van der Waals surface area contributed by atoms with E-state index in [4.69, 9.17) is 9.72 Å². The lowest BCUT2D eigenvalue weighted by Gasteiger charge is -2.14. The molecule has 0 unspecified atom stereocenters. The number of benzene rings is 3. The molecule has 3 aromatic carbocycles. The van der Waals surface area contributed by atoms with Crippen molar-refractivity contribution in [2.75, 3.05) is 5.32 Å². The average molecular weight is 403 g/mol. The van der Waals surface area contributed by atoms with Crippen molar-refractivity contribution in [3.8, 4) is 16.3 Å². The molecule has 1 N–H and O–H groups in total. The van der Waals surface area contributed by atoms with Gasteiger partial charge >= 0.3 is 0 Å². The van der Waals surface area contributed by atoms with Crippen molar-refractivity contribution in [3.63, 3.8) is 0 Å². The van der Waals surface area contributed by atoms with E-state index in [1.165, 1.54) is 10.3 Å². The van der Waals surface area contributed by atoms with Crippen LogP contribution in [0.4, 0.5) is 5.69 Å². The van der Waals surface area contributed by atoms with Crippen LogP contribution in [0.25, 0.3) is 20.8 Å². The van der Waals surface area contributed by atoms with Crippen LogP contribution < -0.4 is 10.1 Å². The highest BCUT2D eigenvalue weighted by molar-refractivity contribution is 7.21. The number of carbonyl (C=O) groups is 1. The van der Waals surface area contributed by atoms with Gasteiger partial charge in [0.1, 0.15) is 10.8 Å². The number of hydrogen-bond acceptors (Lipinski definition) is 4. The normalized spacial score (nSPS) is 11.0. The zero-order valence-corrected chi connectivity index (χ0v) is 17.4. The highest BCUT2D eigenvalue weighted by Crippen LogP contribution is 2.31. The van der Waals surface area contributed by atoms with Gasteiger partial charge in [-0.25, -0.2) is 4.98 Å². The summed E-state index contributed by atoms with van der Waals surface area (Å²) < 4.78 is 6.93. The fraction of sp³-hybridized carbons (Fsp3) is 0.167. The summed E-state index contributed by atoms with van der Waals surface area (Å²) in [6, 6.07) is 21.3. The number of ether oxygens (including phenoxy) is 1. The van der Waals surface area contributed by atoms with Gasteiger partial charge in [-0.2, -0.15) is 0 Å². The minimum absolute atomic E-state index is 0.000769. The molecule has 4 rings (SSSR count). The molecule has 4 nitrogen and oxygen atoms in total. The summed E-state index contributed by atoms with van der Waals surface area (Å²) in [6.07, 6.45) is 0.000769. The number of para-hydroxylation sites is 1. The SMILES string of the molecule is Cc1ccc2nc(-c3ccc(NC(=O)c4ccccc4OC(C)C)cc3)sc2c1. The molecular formula is C24H22N2O2S. The summed E-state index contributed by atoms with van der Waals surface area (Å²) in [5, 5.41) is 3.92. The third-order valence-electron chi connectivity index (χ3n) is 4.43. The van der Waals surface area contributed by atoms with Crippen molar-refractivity contribution in [2.45, 2.75) is 26.9 Å². The Morgan fingerprint density at radius 2 is 1.79 bits per heavy atom. The first-order valence-electron chi connectivity index (χ1n) is 9.54. The second kappa shape index (κ2) is 8.05. The second-order valence-corrected chi connectivity index (χ2v) is 8.22. The number of nitrogens with zero attached hydrogens (tertiary/aromatic N) is 1. The van der Waals surface area contributed by atoms with Gasteiger partial charge in [0.05, 0.1) is 21.9 Å². The first-order chi connectivity index (χ1) is 14.0. The van der Waals surface area contributed by atoms with Gasteiger partial charge in [-0.05, 0) is 74.9 Å². The highest BCUT2D eigenvalue weighted by atomic mass is 32.1. The Labute approximate surface area is 174 Å². The van der Waals surface area contributed by atoms with Gasteiger partial charge in [0.15, 0.2) is 0 Å². The molecule has 1 amide bonds. The Hall–Kier alpha value is -3.18. The number of nitrogens with one attached hydrogen (secondary N) is 1. The van der Waals surface area contributed by atoms with Gasteiger partial charge in [-0.1, -0.05) is 18.2 Å². The standard InChI is InChI=1S/C24H22N2O2S/c1-15(2)28-21-7-5-4-6-19(21)23(27)25-18-11-9-17(10-12-18)24-26-20-13-8-16(3)14-22(20)29-24/h4-15H,1-3H3,(H,25,27). The van der Waals surface area contributed by atoms with Crippen LogP contribution in [0.2, 0.25) is 0 Å². The number of carbonyl (C=O) groups excluding carboxylic acids is 1. The Bertz CT molecular complexity index is 1160. The number of thiazole rings is 1. The van der Waals surface area contributed by atoms with Crippen LogP contribution in [0.15, 0.2) is 66.7 Å². The van der Waals surface area contributed by atoms with E-state index in [1.807, 2.05) is 56.3 Å². The van der Waals surface area contributed by atoms with E-state index in [0.29, 0.717) is 11.3 Å². The number of aryl methyl sites for hydroxylation is 1. The lowest BCUT2D eigenvalue weighted by molar-refractivity contribution is 0.102. The summed E-state index contributed by atoms with van der Waals surface area (Å²) in [6.45, 7) is 5.97. The third-order valence-corrected chi connectivity index (χ3v) is 5.50. The summed E-state index contributed by atoms with van der Waals surface area (Å²) in [5.74, 6) is 0.394. The van der Waals surface area contributed by atoms with Gasteiger partial charge in [-0.3, -0.25) is 4.79 Å². The van der Waals surface area contributed by atoms with Crippen molar-refractivity contribution in [1.29, 1.82) is 0 Å². The summed E-state index contributed by atoms with van der Waals surface area (Å²) in [4.78, 5) is 17.4. The number of rotatable bonds is 5. The van der Waals surface area contributed by atoms with Crippen LogP contribution in [0.1, 0.15) is 29.8 Å². The number of hydrogen-bond donors (Lipinski definition) is 1. The van der Waals surface area contributed by atoms with Gasteiger partial charge in [-0.15, -0.1) is 11.3 Å². The molecule has 1 aromatic heterocycles. The van der Waals surface area contributed by atoms with Crippen LogP contribution >= 0.6 is 11.3 Å². The predicted molar refractivity (Wildman–Crippen MR) is 120 cm³/mol. The largest absolute Gasteiger partial charge is 0.490 e. The van der Waals surface area contributed by atoms with Crippen LogP contribution in [0, 0.1) is 6.92 Å². The van der Waals surface area contributed by atoms with Crippen LogP contribution in [-0.2, 0) is 0 Å². The molecular weight excluding hydrogens is 380 g/mol. The molecule has 0 atom stereocenters. The first kappa shape index (κ1) is 19.2.